The molecule has 0 unspecified atom stereocenters. The van der Waals surface area contributed by atoms with Crippen molar-refractivity contribution in [1.82, 2.24) is 9.47 Å². The fourth-order valence-electron chi connectivity index (χ4n) is 4.24. The third-order valence-corrected chi connectivity index (χ3v) is 5.89. The standard InChI is InChI=1S/C21H28N4O3.ClH/c22-18-3-1-2-15(18)13-20(26)23-17-4-5-19-16(12-17)6-7-25(19)14-21(27)24-8-10-28-11-9-24;/h4-7,12,15,18H,1-3,8-11,13-14,22H2,(H,23,26);1H/t15-,18+;/m0./s1. The summed E-state index contributed by atoms with van der Waals surface area (Å²) in [5, 5.41) is 4.00. The van der Waals surface area contributed by atoms with Gasteiger partial charge in [0.15, 0.2) is 0 Å². The zero-order valence-electron chi connectivity index (χ0n) is 16.5. The molecule has 2 amide bonds. The summed E-state index contributed by atoms with van der Waals surface area (Å²) in [4.78, 5) is 26.7. The third kappa shape index (κ3) is 5.10. The van der Waals surface area contributed by atoms with Crippen LogP contribution in [0.5, 0.6) is 0 Å². The normalized spacial score (nSPS) is 21.8. The highest BCUT2D eigenvalue weighted by molar-refractivity contribution is 5.94. The Labute approximate surface area is 177 Å². The maximum atomic E-state index is 12.5. The summed E-state index contributed by atoms with van der Waals surface area (Å²) >= 11 is 0. The minimum absolute atomic E-state index is 0. The first-order valence-corrected chi connectivity index (χ1v) is 10.1. The fraction of sp³-hybridized carbons (Fsp3) is 0.524. The lowest BCUT2D eigenvalue weighted by Crippen LogP contribution is -2.42. The lowest BCUT2D eigenvalue weighted by Gasteiger charge is -2.27. The molecule has 1 aliphatic carbocycles. The Morgan fingerprint density at radius 2 is 1.97 bits per heavy atom. The fourth-order valence-corrected chi connectivity index (χ4v) is 4.24. The molecule has 1 aliphatic heterocycles. The van der Waals surface area contributed by atoms with Gasteiger partial charge in [0, 0.05) is 48.3 Å². The Morgan fingerprint density at radius 1 is 1.17 bits per heavy atom. The molecule has 1 aromatic heterocycles. The topological polar surface area (TPSA) is 89.6 Å². The summed E-state index contributed by atoms with van der Waals surface area (Å²) in [6.07, 6.45) is 5.57. The number of morpholine rings is 1. The highest BCUT2D eigenvalue weighted by atomic mass is 35.5. The number of amides is 2. The number of carbonyl (C=O) groups excluding carboxylic acids is 2. The molecule has 2 atom stereocenters. The number of carbonyl (C=O) groups is 2. The summed E-state index contributed by atoms with van der Waals surface area (Å²) in [7, 11) is 0. The van der Waals surface area contributed by atoms with E-state index in [1.807, 2.05) is 39.9 Å². The molecule has 1 aromatic carbocycles. The number of hydrogen-bond donors (Lipinski definition) is 2. The van der Waals surface area contributed by atoms with Crippen LogP contribution in [0.4, 0.5) is 5.69 Å². The van der Waals surface area contributed by atoms with E-state index in [2.05, 4.69) is 5.32 Å². The van der Waals surface area contributed by atoms with E-state index in [1.54, 1.807) is 0 Å². The first-order chi connectivity index (χ1) is 13.6. The van der Waals surface area contributed by atoms with E-state index in [0.29, 0.717) is 39.3 Å². The summed E-state index contributed by atoms with van der Waals surface area (Å²) in [6.45, 7) is 2.83. The van der Waals surface area contributed by atoms with E-state index in [1.165, 1.54) is 0 Å². The first kappa shape index (κ1) is 21.6. The average Bonchev–Trinajstić information content (AvgIpc) is 3.28. The van der Waals surface area contributed by atoms with Gasteiger partial charge < -0.3 is 25.3 Å². The highest BCUT2D eigenvalue weighted by Crippen LogP contribution is 2.27. The minimum atomic E-state index is 0. The van der Waals surface area contributed by atoms with Crippen LogP contribution >= 0.6 is 12.4 Å². The van der Waals surface area contributed by atoms with Gasteiger partial charge in [0.25, 0.3) is 0 Å². The molecule has 2 aromatic rings. The van der Waals surface area contributed by atoms with Crippen molar-refractivity contribution in [3.05, 3.63) is 30.5 Å². The second-order valence-corrected chi connectivity index (χ2v) is 7.82. The van der Waals surface area contributed by atoms with Crippen LogP contribution < -0.4 is 11.1 Å². The molecule has 7 nitrogen and oxygen atoms in total. The highest BCUT2D eigenvalue weighted by Gasteiger charge is 2.26. The smallest absolute Gasteiger partial charge is 0.242 e. The van der Waals surface area contributed by atoms with E-state index in [9.17, 15) is 9.59 Å². The van der Waals surface area contributed by atoms with Crippen molar-refractivity contribution in [2.45, 2.75) is 38.3 Å². The van der Waals surface area contributed by atoms with Crippen LogP contribution in [0.15, 0.2) is 30.5 Å². The van der Waals surface area contributed by atoms with E-state index in [4.69, 9.17) is 10.5 Å². The zero-order valence-corrected chi connectivity index (χ0v) is 17.3. The molecule has 4 rings (SSSR count). The van der Waals surface area contributed by atoms with Crippen LogP contribution in [0.3, 0.4) is 0 Å². The van der Waals surface area contributed by atoms with Crippen LogP contribution in [0, 0.1) is 5.92 Å². The van der Waals surface area contributed by atoms with Crippen molar-refractivity contribution in [2.24, 2.45) is 11.7 Å². The van der Waals surface area contributed by atoms with E-state index in [-0.39, 0.29) is 36.2 Å². The number of hydrogen-bond acceptors (Lipinski definition) is 4. The summed E-state index contributed by atoms with van der Waals surface area (Å²) < 4.78 is 7.26. The molecule has 8 heteroatoms. The maximum Gasteiger partial charge on any atom is 0.242 e. The number of ether oxygens (including phenoxy) is 1. The second kappa shape index (κ2) is 9.61. The van der Waals surface area contributed by atoms with Gasteiger partial charge in [-0.25, -0.2) is 0 Å². The van der Waals surface area contributed by atoms with Crippen molar-refractivity contribution in [3.63, 3.8) is 0 Å². The molecule has 158 valence electrons. The molecule has 3 N–H and O–H groups in total. The van der Waals surface area contributed by atoms with Gasteiger partial charge in [-0.15, -0.1) is 12.4 Å². The van der Waals surface area contributed by atoms with Gasteiger partial charge in [0.1, 0.15) is 6.54 Å². The second-order valence-electron chi connectivity index (χ2n) is 7.82. The molecule has 29 heavy (non-hydrogen) atoms. The van der Waals surface area contributed by atoms with Gasteiger partial charge >= 0.3 is 0 Å². The van der Waals surface area contributed by atoms with Gasteiger partial charge in [-0.2, -0.15) is 0 Å². The van der Waals surface area contributed by atoms with Gasteiger partial charge in [-0.05, 0) is 43.0 Å². The van der Waals surface area contributed by atoms with E-state index in [0.717, 1.165) is 35.9 Å². The van der Waals surface area contributed by atoms with Gasteiger partial charge in [0.05, 0.1) is 13.2 Å². The lowest BCUT2D eigenvalue weighted by atomic mass is 10.00. The molecule has 2 fully saturated rings. The molecular formula is C21H29ClN4O3. The average molecular weight is 421 g/mol. The predicted octanol–water partition coefficient (Wildman–Crippen LogP) is 2.38. The quantitative estimate of drug-likeness (QED) is 0.777. The number of nitrogens with one attached hydrogen (secondary N) is 1. The molecule has 0 radical (unpaired) electrons. The van der Waals surface area contributed by atoms with Crippen molar-refractivity contribution in [2.75, 3.05) is 31.6 Å². The Balaban J connectivity index is 0.00000240. The van der Waals surface area contributed by atoms with Crippen molar-refractivity contribution in [3.8, 4) is 0 Å². The van der Waals surface area contributed by atoms with E-state index >= 15 is 0 Å². The third-order valence-electron chi connectivity index (χ3n) is 5.89. The molecule has 1 saturated carbocycles. The number of nitrogens with two attached hydrogens (primary N) is 1. The van der Waals surface area contributed by atoms with Gasteiger partial charge in [0.2, 0.25) is 11.8 Å². The van der Waals surface area contributed by atoms with E-state index < -0.39 is 0 Å². The Hall–Kier alpha value is -2.09. The summed E-state index contributed by atoms with van der Waals surface area (Å²) in [5.74, 6) is 0.408. The molecular weight excluding hydrogens is 392 g/mol. The van der Waals surface area contributed by atoms with Crippen LogP contribution in [-0.4, -0.2) is 53.6 Å². The maximum absolute atomic E-state index is 12.5. The van der Waals surface area contributed by atoms with Crippen molar-refractivity contribution < 1.29 is 14.3 Å². The molecule has 0 bridgehead atoms. The molecule has 2 heterocycles. The Morgan fingerprint density at radius 3 is 2.69 bits per heavy atom. The minimum Gasteiger partial charge on any atom is -0.378 e. The zero-order chi connectivity index (χ0) is 19.5. The summed E-state index contributed by atoms with van der Waals surface area (Å²) in [5.41, 5.74) is 7.83. The number of fused-ring (bicyclic) bond motifs is 1. The number of rotatable bonds is 5. The van der Waals surface area contributed by atoms with Crippen molar-refractivity contribution >= 4 is 40.8 Å². The Bertz CT molecular complexity index is 863. The molecule has 2 aliphatic rings. The first-order valence-electron chi connectivity index (χ1n) is 10.1. The van der Waals surface area contributed by atoms with Crippen LogP contribution in [0.1, 0.15) is 25.7 Å². The van der Waals surface area contributed by atoms with Crippen LogP contribution in [0.25, 0.3) is 10.9 Å². The number of halogens is 1. The van der Waals surface area contributed by atoms with Crippen LogP contribution in [-0.2, 0) is 20.9 Å². The van der Waals surface area contributed by atoms with Crippen LogP contribution in [0.2, 0.25) is 0 Å². The largest absolute Gasteiger partial charge is 0.378 e. The monoisotopic (exact) mass is 420 g/mol. The number of anilines is 1. The number of benzene rings is 1. The molecule has 1 saturated heterocycles. The Kier molecular flexibility index (Phi) is 7.16. The summed E-state index contributed by atoms with van der Waals surface area (Å²) in [6, 6.07) is 7.93. The van der Waals surface area contributed by atoms with Gasteiger partial charge in [-0.3, -0.25) is 9.59 Å². The number of aromatic nitrogens is 1. The number of nitrogens with zero attached hydrogens (tertiary/aromatic N) is 2. The predicted molar refractivity (Wildman–Crippen MR) is 115 cm³/mol. The van der Waals surface area contributed by atoms with Crippen molar-refractivity contribution in [1.29, 1.82) is 0 Å². The lowest BCUT2D eigenvalue weighted by molar-refractivity contribution is -0.135. The molecule has 0 spiro atoms. The SMILES string of the molecule is Cl.N[C@@H]1CCC[C@H]1CC(=O)Nc1ccc2c(ccn2CC(=O)N2CCOCC2)c1. The van der Waals surface area contributed by atoms with Gasteiger partial charge in [-0.1, -0.05) is 6.42 Å².